The molecule has 7 heteroatoms. The lowest BCUT2D eigenvalue weighted by Gasteiger charge is -2.34. The molecule has 1 heterocycles. The first-order valence-corrected chi connectivity index (χ1v) is 13.8. The number of carbonyl (C=O) groups is 1. The number of halogens is 2. The molecule has 40 heavy (non-hydrogen) atoms. The van der Waals surface area contributed by atoms with E-state index in [-0.39, 0.29) is 18.1 Å². The minimum Gasteiger partial charge on any atom is -0.493 e. The Kier molecular flexibility index (Phi) is 7.83. The second kappa shape index (κ2) is 11.2. The van der Waals surface area contributed by atoms with Crippen molar-refractivity contribution in [2.24, 2.45) is 5.92 Å². The molecule has 0 aliphatic carbocycles. The molecular weight excluding hydrogens is 547 g/mol. The average molecular weight is 578 g/mol. The molecule has 1 atom stereocenters. The van der Waals surface area contributed by atoms with Crippen LogP contribution in [0.1, 0.15) is 52.9 Å². The normalized spacial score (nSPS) is 14.2. The summed E-state index contributed by atoms with van der Waals surface area (Å²) < 4.78 is 17.9. The lowest BCUT2D eigenvalue weighted by Crippen LogP contribution is -2.31. The standard InChI is InChI=1S/C33H30Cl2O5/c1-19(2)17-33(37,23-7-11-25(35)12-8-23)26-13-14-27-30(29(26)21-5-9-24(34)10-6-21)32(36)39-18-22-15-20(3)16-28(38-4)31(22)40-27/h5-16,19,37H,17-18H2,1-4H3. The number of carbonyl (C=O) groups excluding carboxylic acids is 1. The maximum Gasteiger partial charge on any atom is 0.342 e. The Morgan fingerprint density at radius 1 is 0.950 bits per heavy atom. The van der Waals surface area contributed by atoms with E-state index in [1.165, 1.54) is 0 Å². The van der Waals surface area contributed by atoms with Crippen LogP contribution in [0.5, 0.6) is 17.2 Å². The lowest BCUT2D eigenvalue weighted by atomic mass is 9.75. The molecule has 1 aliphatic heterocycles. The highest BCUT2D eigenvalue weighted by Crippen LogP contribution is 2.48. The monoisotopic (exact) mass is 576 g/mol. The Morgan fingerprint density at radius 2 is 1.60 bits per heavy atom. The summed E-state index contributed by atoms with van der Waals surface area (Å²) in [6, 6.07) is 21.6. The summed E-state index contributed by atoms with van der Waals surface area (Å²) in [6.07, 6.45) is 0.389. The highest BCUT2D eigenvalue weighted by molar-refractivity contribution is 6.30. The summed E-state index contributed by atoms with van der Waals surface area (Å²) in [5, 5.41) is 13.6. The number of methoxy groups -OCH3 is 1. The van der Waals surface area contributed by atoms with E-state index in [9.17, 15) is 9.90 Å². The van der Waals surface area contributed by atoms with E-state index in [0.29, 0.717) is 61.5 Å². The summed E-state index contributed by atoms with van der Waals surface area (Å²) >= 11 is 12.4. The van der Waals surface area contributed by atoms with Gasteiger partial charge < -0.3 is 19.3 Å². The van der Waals surface area contributed by atoms with E-state index >= 15 is 0 Å². The molecule has 0 spiro atoms. The van der Waals surface area contributed by atoms with Crippen LogP contribution in [0.15, 0.2) is 72.8 Å². The summed E-state index contributed by atoms with van der Waals surface area (Å²) in [4.78, 5) is 13.8. The molecule has 0 saturated heterocycles. The van der Waals surface area contributed by atoms with Crippen LogP contribution in [0.3, 0.4) is 0 Å². The fourth-order valence-electron chi connectivity index (χ4n) is 5.34. The van der Waals surface area contributed by atoms with Gasteiger partial charge in [-0.05, 0) is 84.0 Å². The van der Waals surface area contributed by atoms with Crippen LogP contribution in [-0.2, 0) is 16.9 Å². The van der Waals surface area contributed by atoms with E-state index in [1.54, 1.807) is 37.4 Å². The van der Waals surface area contributed by atoms with E-state index in [2.05, 4.69) is 0 Å². The Morgan fingerprint density at radius 3 is 2.23 bits per heavy atom. The van der Waals surface area contributed by atoms with Crippen molar-refractivity contribution in [3.8, 4) is 28.4 Å². The van der Waals surface area contributed by atoms with Crippen LogP contribution in [0.4, 0.5) is 0 Å². The maximum absolute atomic E-state index is 13.8. The van der Waals surface area contributed by atoms with Gasteiger partial charge in [0.1, 0.15) is 23.5 Å². The van der Waals surface area contributed by atoms with Crippen LogP contribution in [0, 0.1) is 12.8 Å². The molecule has 1 unspecified atom stereocenters. The number of hydrogen-bond acceptors (Lipinski definition) is 5. The van der Waals surface area contributed by atoms with Gasteiger partial charge >= 0.3 is 5.97 Å². The Bertz CT molecular complexity index is 1560. The van der Waals surface area contributed by atoms with Gasteiger partial charge in [-0.3, -0.25) is 0 Å². The van der Waals surface area contributed by atoms with E-state index in [0.717, 1.165) is 5.56 Å². The average Bonchev–Trinajstić information content (AvgIpc) is 2.91. The molecular formula is C33H30Cl2O5. The maximum atomic E-state index is 13.8. The lowest BCUT2D eigenvalue weighted by molar-refractivity contribution is 0.0456. The Labute approximate surface area is 244 Å². The number of benzene rings is 4. The summed E-state index contributed by atoms with van der Waals surface area (Å²) in [5.41, 5.74) is 2.80. The molecule has 4 aromatic carbocycles. The molecule has 0 amide bonds. The van der Waals surface area contributed by atoms with Crippen molar-refractivity contribution in [1.29, 1.82) is 0 Å². The summed E-state index contributed by atoms with van der Waals surface area (Å²) in [5.74, 6) is 0.865. The van der Waals surface area contributed by atoms with Gasteiger partial charge in [-0.15, -0.1) is 0 Å². The van der Waals surface area contributed by atoms with Crippen molar-refractivity contribution >= 4 is 29.2 Å². The molecule has 206 valence electrons. The van der Waals surface area contributed by atoms with Crippen molar-refractivity contribution in [3.63, 3.8) is 0 Å². The van der Waals surface area contributed by atoms with Gasteiger partial charge in [0.2, 0.25) is 0 Å². The number of esters is 1. The van der Waals surface area contributed by atoms with Gasteiger partial charge in [-0.1, -0.05) is 67.4 Å². The summed E-state index contributed by atoms with van der Waals surface area (Å²) in [6.45, 7) is 6.02. The van der Waals surface area contributed by atoms with Gasteiger partial charge in [0.05, 0.1) is 7.11 Å². The third kappa shape index (κ3) is 5.29. The number of aliphatic hydroxyl groups is 1. The van der Waals surface area contributed by atoms with Gasteiger partial charge in [-0.25, -0.2) is 4.79 Å². The van der Waals surface area contributed by atoms with E-state index in [4.69, 9.17) is 37.4 Å². The van der Waals surface area contributed by atoms with Gasteiger partial charge in [0.25, 0.3) is 0 Å². The molecule has 0 aromatic heterocycles. The quantitative estimate of drug-likeness (QED) is 0.232. The highest BCUT2D eigenvalue weighted by Gasteiger charge is 2.38. The van der Waals surface area contributed by atoms with Crippen molar-refractivity contribution in [3.05, 3.63) is 111 Å². The molecule has 5 rings (SSSR count). The smallest absolute Gasteiger partial charge is 0.342 e. The minimum absolute atomic E-state index is 0.00335. The second-order valence-corrected chi connectivity index (χ2v) is 11.3. The predicted octanol–water partition coefficient (Wildman–Crippen LogP) is 8.72. The minimum atomic E-state index is -1.46. The van der Waals surface area contributed by atoms with Gasteiger partial charge in [-0.2, -0.15) is 0 Å². The largest absolute Gasteiger partial charge is 0.493 e. The third-order valence-electron chi connectivity index (χ3n) is 7.04. The van der Waals surface area contributed by atoms with Crippen LogP contribution in [-0.4, -0.2) is 18.2 Å². The van der Waals surface area contributed by atoms with Crippen molar-refractivity contribution in [2.75, 3.05) is 7.11 Å². The number of fused-ring (bicyclic) bond motifs is 2. The highest BCUT2D eigenvalue weighted by atomic mass is 35.5. The molecule has 0 saturated carbocycles. The zero-order valence-corrected chi connectivity index (χ0v) is 24.3. The first kappa shape index (κ1) is 28.0. The van der Waals surface area contributed by atoms with Crippen LogP contribution in [0.2, 0.25) is 10.0 Å². The van der Waals surface area contributed by atoms with Crippen LogP contribution < -0.4 is 9.47 Å². The van der Waals surface area contributed by atoms with Crippen molar-refractivity contribution < 1.29 is 24.1 Å². The van der Waals surface area contributed by atoms with Crippen molar-refractivity contribution in [2.45, 2.75) is 39.4 Å². The second-order valence-electron chi connectivity index (χ2n) is 10.5. The molecule has 4 aromatic rings. The number of rotatable bonds is 6. The molecule has 5 nitrogen and oxygen atoms in total. The topological polar surface area (TPSA) is 65.0 Å². The third-order valence-corrected chi connectivity index (χ3v) is 7.55. The Hall–Kier alpha value is -3.51. The number of aryl methyl sites for hydroxylation is 1. The van der Waals surface area contributed by atoms with Crippen molar-refractivity contribution in [1.82, 2.24) is 0 Å². The van der Waals surface area contributed by atoms with Crippen LogP contribution in [0.25, 0.3) is 11.1 Å². The molecule has 0 radical (unpaired) electrons. The van der Waals surface area contributed by atoms with Crippen LogP contribution >= 0.6 is 23.2 Å². The van der Waals surface area contributed by atoms with E-state index < -0.39 is 11.6 Å². The number of cyclic esters (lactones) is 1. The first-order valence-electron chi connectivity index (χ1n) is 13.0. The van der Waals surface area contributed by atoms with Gasteiger partial charge in [0.15, 0.2) is 11.5 Å². The molecule has 1 aliphatic rings. The SMILES string of the molecule is COc1cc(C)cc2c1Oc1ccc(C(O)(CC(C)C)c3ccc(Cl)cc3)c(-c3ccc(Cl)cc3)c1C(=O)OC2. The van der Waals surface area contributed by atoms with Gasteiger partial charge in [0, 0.05) is 21.2 Å². The Balaban J connectivity index is 1.82. The molecule has 0 fully saturated rings. The number of ether oxygens (including phenoxy) is 3. The van der Waals surface area contributed by atoms with E-state index in [1.807, 2.05) is 63.2 Å². The predicted molar refractivity (Wildman–Crippen MR) is 158 cm³/mol. The zero-order chi connectivity index (χ0) is 28.6. The fourth-order valence-corrected chi connectivity index (χ4v) is 5.60. The number of hydrogen-bond donors (Lipinski definition) is 1. The first-order chi connectivity index (χ1) is 19.1. The molecule has 1 N–H and O–H groups in total. The fraction of sp³-hybridized carbons (Fsp3) is 0.242. The summed E-state index contributed by atoms with van der Waals surface area (Å²) in [7, 11) is 1.57. The molecule has 0 bridgehead atoms. The zero-order valence-electron chi connectivity index (χ0n) is 22.8.